The van der Waals surface area contributed by atoms with Gasteiger partial charge in [0.2, 0.25) is 0 Å². The van der Waals surface area contributed by atoms with Gasteiger partial charge >= 0.3 is 0 Å². The molecule has 0 atom stereocenters. The lowest BCUT2D eigenvalue weighted by atomic mass is 9.95. The fraction of sp³-hybridized carbons (Fsp3) is 0.138. The van der Waals surface area contributed by atoms with E-state index < -0.39 is 0 Å². The molecule has 4 heteroatoms. The largest absolute Gasteiger partial charge is 0.212 e. The topological polar surface area (TPSA) is 38.7 Å². The zero-order valence-corrected chi connectivity index (χ0v) is 19.6. The quantitative estimate of drug-likeness (QED) is 0.271. The number of rotatable bonds is 2. The van der Waals surface area contributed by atoms with Gasteiger partial charge in [-0.3, -0.25) is 0 Å². The summed E-state index contributed by atoms with van der Waals surface area (Å²) in [4.78, 5) is 14.8. The Morgan fingerprint density at radius 1 is 0.606 bits per heavy atom. The monoisotopic (exact) mass is 445 g/mol. The smallest absolute Gasteiger partial charge is 0.164 e. The predicted octanol–water partition coefficient (Wildman–Crippen LogP) is 8.02. The number of aromatic nitrogens is 3. The molecule has 0 saturated heterocycles. The van der Waals surface area contributed by atoms with E-state index in [1.807, 2.05) is 11.3 Å². The second kappa shape index (κ2) is 7.46. The van der Waals surface area contributed by atoms with Crippen LogP contribution in [0.1, 0.15) is 26.6 Å². The Morgan fingerprint density at radius 3 is 2.15 bits per heavy atom. The van der Waals surface area contributed by atoms with Crippen LogP contribution in [0.15, 0.2) is 84.9 Å². The van der Waals surface area contributed by atoms with E-state index >= 15 is 0 Å². The van der Waals surface area contributed by atoms with Gasteiger partial charge in [0.1, 0.15) is 5.82 Å². The Morgan fingerprint density at radius 2 is 1.30 bits per heavy atom. The van der Waals surface area contributed by atoms with Gasteiger partial charge in [0.25, 0.3) is 0 Å². The molecule has 0 aliphatic heterocycles. The van der Waals surface area contributed by atoms with Gasteiger partial charge < -0.3 is 0 Å². The van der Waals surface area contributed by atoms with E-state index in [2.05, 4.69) is 106 Å². The van der Waals surface area contributed by atoms with Gasteiger partial charge in [-0.25, -0.2) is 15.0 Å². The first-order chi connectivity index (χ1) is 16.0. The third kappa shape index (κ3) is 3.47. The minimum atomic E-state index is -0.196. The minimum Gasteiger partial charge on any atom is -0.212 e. The van der Waals surface area contributed by atoms with Crippen molar-refractivity contribution in [3.05, 3.63) is 90.8 Å². The van der Waals surface area contributed by atoms with E-state index in [9.17, 15) is 0 Å². The summed E-state index contributed by atoms with van der Waals surface area (Å²) in [5.74, 6) is 2.24. The van der Waals surface area contributed by atoms with Crippen molar-refractivity contribution in [3.8, 4) is 22.8 Å². The lowest BCUT2D eigenvalue weighted by molar-refractivity contribution is 0.543. The molecule has 2 heterocycles. The van der Waals surface area contributed by atoms with E-state index in [4.69, 9.17) is 15.0 Å². The summed E-state index contributed by atoms with van der Waals surface area (Å²) >= 11 is 1.81. The first-order valence-electron chi connectivity index (χ1n) is 11.1. The molecule has 3 nitrogen and oxygen atoms in total. The summed E-state index contributed by atoms with van der Waals surface area (Å²) in [5.41, 5.74) is 1.85. The van der Waals surface area contributed by atoms with Crippen LogP contribution in [-0.4, -0.2) is 15.0 Å². The molecule has 0 unspecified atom stereocenters. The highest BCUT2D eigenvalue weighted by molar-refractivity contribution is 7.25. The molecule has 0 radical (unpaired) electrons. The van der Waals surface area contributed by atoms with Gasteiger partial charge in [-0.2, -0.15) is 0 Å². The number of hydrogen-bond acceptors (Lipinski definition) is 4. The normalized spacial score (nSPS) is 12.1. The van der Waals surface area contributed by atoms with Gasteiger partial charge in [-0.05, 0) is 22.9 Å². The summed E-state index contributed by atoms with van der Waals surface area (Å²) < 4.78 is 2.55. The molecule has 33 heavy (non-hydrogen) atoms. The second-order valence-corrected chi connectivity index (χ2v) is 10.5. The molecule has 0 amide bonds. The third-order valence-electron chi connectivity index (χ3n) is 5.97. The van der Waals surface area contributed by atoms with Crippen molar-refractivity contribution < 1.29 is 0 Å². The third-order valence-corrected chi connectivity index (χ3v) is 7.11. The second-order valence-electron chi connectivity index (χ2n) is 9.39. The van der Waals surface area contributed by atoms with Crippen molar-refractivity contribution in [1.82, 2.24) is 15.0 Å². The zero-order valence-electron chi connectivity index (χ0n) is 18.8. The zero-order chi connectivity index (χ0) is 22.6. The van der Waals surface area contributed by atoms with Crippen molar-refractivity contribution in [3.63, 3.8) is 0 Å². The fourth-order valence-electron chi connectivity index (χ4n) is 4.25. The molecule has 0 fully saturated rings. The van der Waals surface area contributed by atoms with Crippen molar-refractivity contribution >= 4 is 42.3 Å². The molecule has 0 aliphatic rings. The maximum absolute atomic E-state index is 4.98. The maximum Gasteiger partial charge on any atom is 0.164 e. The molecular formula is C29H23N3S. The first-order valence-corrected chi connectivity index (χ1v) is 12.0. The SMILES string of the molecule is CC(C)(C)c1nc(-c2ccc3c(c2)sc2ccccc23)nc(-c2cccc3ccccc23)n1. The number of thiophene rings is 1. The fourth-order valence-corrected chi connectivity index (χ4v) is 5.39. The highest BCUT2D eigenvalue weighted by Gasteiger charge is 2.22. The molecule has 0 saturated carbocycles. The van der Waals surface area contributed by atoms with Crippen LogP contribution in [-0.2, 0) is 5.41 Å². The lowest BCUT2D eigenvalue weighted by Gasteiger charge is -2.18. The summed E-state index contributed by atoms with van der Waals surface area (Å²) in [5, 5.41) is 4.91. The van der Waals surface area contributed by atoms with Gasteiger partial charge in [-0.15, -0.1) is 11.3 Å². The highest BCUT2D eigenvalue weighted by atomic mass is 32.1. The summed E-state index contributed by atoms with van der Waals surface area (Å²) in [6.07, 6.45) is 0. The van der Waals surface area contributed by atoms with Crippen molar-refractivity contribution in [2.24, 2.45) is 0 Å². The molecule has 0 aliphatic carbocycles. The van der Waals surface area contributed by atoms with Crippen molar-refractivity contribution in [2.75, 3.05) is 0 Å². The van der Waals surface area contributed by atoms with Crippen LogP contribution in [0.4, 0.5) is 0 Å². The molecule has 6 rings (SSSR count). The average Bonchev–Trinajstić information content (AvgIpc) is 3.21. The summed E-state index contributed by atoms with van der Waals surface area (Å²) in [7, 11) is 0. The highest BCUT2D eigenvalue weighted by Crippen LogP contribution is 2.36. The minimum absolute atomic E-state index is 0.196. The van der Waals surface area contributed by atoms with Crippen molar-refractivity contribution in [1.29, 1.82) is 0 Å². The molecule has 160 valence electrons. The molecule has 0 bridgehead atoms. The predicted molar refractivity (Wildman–Crippen MR) is 140 cm³/mol. The van der Waals surface area contributed by atoms with Crippen molar-refractivity contribution in [2.45, 2.75) is 26.2 Å². The Hall–Kier alpha value is -3.63. The number of hydrogen-bond donors (Lipinski definition) is 0. The average molecular weight is 446 g/mol. The van der Waals surface area contributed by atoms with Crippen LogP contribution in [0.2, 0.25) is 0 Å². The van der Waals surface area contributed by atoms with Crippen LogP contribution in [0.3, 0.4) is 0 Å². The standard InChI is InChI=1S/C29H23N3S/c1-29(2,3)28-31-26(19-15-16-22-21-12-6-7-14-24(21)33-25(22)17-19)30-27(32-28)23-13-8-10-18-9-4-5-11-20(18)23/h4-17H,1-3H3. The van der Waals surface area contributed by atoms with E-state index in [0.29, 0.717) is 0 Å². The van der Waals surface area contributed by atoms with Crippen LogP contribution < -0.4 is 0 Å². The van der Waals surface area contributed by atoms with Crippen LogP contribution in [0.5, 0.6) is 0 Å². The molecule has 0 N–H and O–H groups in total. The molecule has 2 aromatic heterocycles. The maximum atomic E-state index is 4.98. The van der Waals surface area contributed by atoms with Crippen LogP contribution in [0, 0.1) is 0 Å². The molecule has 4 aromatic carbocycles. The van der Waals surface area contributed by atoms with Crippen LogP contribution in [0.25, 0.3) is 53.7 Å². The van der Waals surface area contributed by atoms with Gasteiger partial charge in [0, 0.05) is 36.7 Å². The van der Waals surface area contributed by atoms with E-state index in [-0.39, 0.29) is 5.41 Å². The molecule has 0 spiro atoms. The number of benzene rings is 4. The molecular weight excluding hydrogens is 422 g/mol. The van der Waals surface area contributed by atoms with Gasteiger partial charge in [0.15, 0.2) is 11.6 Å². The van der Waals surface area contributed by atoms with Crippen LogP contribution >= 0.6 is 11.3 Å². The Labute approximate surface area is 196 Å². The lowest BCUT2D eigenvalue weighted by Crippen LogP contribution is -2.18. The summed E-state index contributed by atoms with van der Waals surface area (Å²) in [6, 6.07) is 29.8. The first kappa shape index (κ1) is 20.0. The Bertz CT molecular complexity index is 1650. The Balaban J connectivity index is 1.58. The molecule has 6 aromatic rings. The number of fused-ring (bicyclic) bond motifs is 4. The Kier molecular flexibility index (Phi) is 4.52. The summed E-state index contributed by atoms with van der Waals surface area (Å²) in [6.45, 7) is 6.44. The van der Waals surface area contributed by atoms with E-state index in [1.54, 1.807) is 0 Å². The number of nitrogens with zero attached hydrogens (tertiary/aromatic N) is 3. The van der Waals surface area contributed by atoms with Gasteiger partial charge in [-0.1, -0.05) is 93.6 Å². The van der Waals surface area contributed by atoms with E-state index in [1.165, 1.54) is 25.6 Å². The van der Waals surface area contributed by atoms with Gasteiger partial charge in [0.05, 0.1) is 0 Å². The van der Waals surface area contributed by atoms with E-state index in [0.717, 1.165) is 34.0 Å².